The number of ether oxygens (including phenoxy) is 1. The van der Waals surface area contributed by atoms with E-state index in [1.54, 1.807) is 19.2 Å². The molecule has 1 fully saturated rings. The zero-order chi connectivity index (χ0) is 31.7. The van der Waals surface area contributed by atoms with Gasteiger partial charge in [0.25, 0.3) is 0 Å². The number of carbonyl (C=O) groups is 1. The molecule has 0 bridgehead atoms. The first-order chi connectivity index (χ1) is 20.3. The smallest absolute Gasteiger partial charge is 0.421 e. The molecule has 43 heavy (non-hydrogen) atoms. The van der Waals surface area contributed by atoms with Gasteiger partial charge in [-0.1, -0.05) is 18.6 Å². The van der Waals surface area contributed by atoms with Gasteiger partial charge in [0.15, 0.2) is 0 Å². The molecule has 1 aliphatic heterocycles. The number of aromatic nitrogens is 2. The molecule has 10 nitrogen and oxygen atoms in total. The summed E-state index contributed by atoms with van der Waals surface area (Å²) in [7, 11) is 3.87. The van der Waals surface area contributed by atoms with Crippen LogP contribution in [0.1, 0.15) is 46.3 Å². The fourth-order valence-corrected chi connectivity index (χ4v) is 4.79. The zero-order valence-corrected chi connectivity index (χ0v) is 25.7. The molecule has 4 N–H and O–H groups in total. The van der Waals surface area contributed by atoms with E-state index in [0.717, 1.165) is 5.56 Å². The third kappa shape index (κ3) is 9.55. The molecule has 0 radical (unpaired) electrons. The number of benzene rings is 2. The van der Waals surface area contributed by atoms with E-state index in [1.807, 2.05) is 13.0 Å². The van der Waals surface area contributed by atoms with Crippen LogP contribution in [0.2, 0.25) is 0 Å². The van der Waals surface area contributed by atoms with Crippen molar-refractivity contribution in [3.05, 3.63) is 64.8 Å². The van der Waals surface area contributed by atoms with Gasteiger partial charge in [0, 0.05) is 31.6 Å². The normalized spacial score (nSPS) is 14.2. The number of methoxy groups -OCH3 is 1. The van der Waals surface area contributed by atoms with E-state index in [0.29, 0.717) is 23.1 Å². The number of nitrogens with one attached hydrogen (secondary N) is 2. The average Bonchev–Trinajstić information content (AvgIpc) is 2.96. The van der Waals surface area contributed by atoms with Crippen LogP contribution >= 0.6 is 0 Å². The Morgan fingerprint density at radius 3 is 2.42 bits per heavy atom. The number of alkyl halides is 3. The van der Waals surface area contributed by atoms with E-state index in [1.165, 1.54) is 68.2 Å². The SMILES string of the molecule is CN1CCCCC1.COc1cc(C(N)=O)ccc1Nc1ncc(C(F)(F)F)c(NCc2ccc(C)cc2N(C)S(C)=O)n1. The van der Waals surface area contributed by atoms with Crippen LogP contribution in [0.4, 0.5) is 36.3 Å². The number of halogens is 3. The summed E-state index contributed by atoms with van der Waals surface area (Å²) in [5.41, 5.74) is 6.89. The standard InChI is InChI=1S/C23H25F3N6O3S.C6H13N/c1-13-5-6-15(18(9-13)32(2)36(4)34)11-28-21-16(23(24,25)26)12-29-22(31-21)30-17-8-7-14(20(27)33)10-19(17)35-3;1-7-5-3-2-4-6-7/h5-10,12H,11H2,1-4H3,(H2,27,33)(H2,28,29,30,31);2-6H2,1H3. The number of anilines is 4. The van der Waals surface area contributed by atoms with Gasteiger partial charge >= 0.3 is 6.18 Å². The predicted molar refractivity (Wildman–Crippen MR) is 164 cm³/mol. The zero-order valence-electron chi connectivity index (χ0n) is 24.9. The minimum atomic E-state index is -4.71. The molecule has 1 amide bonds. The van der Waals surface area contributed by atoms with E-state index in [9.17, 15) is 22.2 Å². The fourth-order valence-electron chi connectivity index (χ4n) is 4.34. The molecular weight excluding hydrogens is 583 g/mol. The summed E-state index contributed by atoms with van der Waals surface area (Å²) in [5, 5.41) is 5.54. The lowest BCUT2D eigenvalue weighted by molar-refractivity contribution is -0.137. The first-order valence-corrected chi connectivity index (χ1v) is 15.1. The second-order valence-electron chi connectivity index (χ2n) is 10.1. The fraction of sp³-hybridized carbons (Fsp3) is 0.414. The number of carbonyl (C=O) groups excluding carboxylic acids is 1. The maximum absolute atomic E-state index is 13.7. The van der Waals surface area contributed by atoms with Crippen molar-refractivity contribution in [3.8, 4) is 5.75 Å². The minimum absolute atomic E-state index is 0.0205. The molecule has 2 aromatic carbocycles. The van der Waals surface area contributed by atoms with E-state index < -0.39 is 34.5 Å². The number of hydrogen-bond donors (Lipinski definition) is 3. The molecule has 0 saturated carbocycles. The number of primary amides is 1. The van der Waals surface area contributed by atoms with Gasteiger partial charge in [-0.15, -0.1) is 0 Å². The van der Waals surface area contributed by atoms with Gasteiger partial charge < -0.3 is 26.0 Å². The number of rotatable bonds is 9. The van der Waals surface area contributed by atoms with Crippen molar-refractivity contribution in [1.82, 2.24) is 14.9 Å². The van der Waals surface area contributed by atoms with Gasteiger partial charge in [0.1, 0.15) is 28.1 Å². The van der Waals surface area contributed by atoms with E-state index in [2.05, 4.69) is 32.5 Å². The second-order valence-corrected chi connectivity index (χ2v) is 11.5. The first-order valence-electron chi connectivity index (χ1n) is 13.6. The van der Waals surface area contributed by atoms with Crippen LogP contribution in [0, 0.1) is 6.92 Å². The van der Waals surface area contributed by atoms with Gasteiger partial charge in [0.05, 0.1) is 18.5 Å². The molecule has 1 unspecified atom stereocenters. The van der Waals surface area contributed by atoms with Gasteiger partial charge in [-0.2, -0.15) is 18.2 Å². The van der Waals surface area contributed by atoms with E-state index in [4.69, 9.17) is 10.5 Å². The molecule has 3 aromatic rings. The summed E-state index contributed by atoms with van der Waals surface area (Å²) in [6, 6.07) is 9.67. The van der Waals surface area contributed by atoms with Gasteiger partial charge in [-0.3, -0.25) is 9.10 Å². The van der Waals surface area contributed by atoms with Gasteiger partial charge in [0.2, 0.25) is 11.9 Å². The molecule has 2 heterocycles. The topological polar surface area (TPSA) is 126 Å². The van der Waals surface area contributed by atoms with Crippen LogP contribution in [0.15, 0.2) is 42.6 Å². The highest BCUT2D eigenvalue weighted by Gasteiger charge is 2.35. The second kappa shape index (κ2) is 15.0. The van der Waals surface area contributed by atoms with Gasteiger partial charge in [-0.05, 0) is 75.3 Å². The highest BCUT2D eigenvalue weighted by molar-refractivity contribution is 7.85. The summed E-state index contributed by atoms with van der Waals surface area (Å²) in [6.07, 6.45) is 1.75. The van der Waals surface area contributed by atoms with Crippen LogP contribution < -0.4 is 25.4 Å². The Kier molecular flexibility index (Phi) is 11.7. The Balaban J connectivity index is 0.000000633. The summed E-state index contributed by atoms with van der Waals surface area (Å²) in [6.45, 7) is 4.48. The van der Waals surface area contributed by atoms with Crippen LogP contribution in [-0.4, -0.2) is 65.5 Å². The maximum atomic E-state index is 13.7. The highest BCUT2D eigenvalue weighted by atomic mass is 32.2. The maximum Gasteiger partial charge on any atom is 0.421 e. The largest absolute Gasteiger partial charge is 0.495 e. The van der Waals surface area contributed by atoms with Crippen LogP contribution in [-0.2, 0) is 23.7 Å². The van der Waals surface area contributed by atoms with Gasteiger partial charge in [-0.25, -0.2) is 9.19 Å². The minimum Gasteiger partial charge on any atom is -0.495 e. The van der Waals surface area contributed by atoms with E-state index in [-0.39, 0.29) is 23.8 Å². The highest BCUT2D eigenvalue weighted by Crippen LogP contribution is 2.35. The van der Waals surface area contributed by atoms with Crippen LogP contribution in [0.25, 0.3) is 0 Å². The summed E-state index contributed by atoms with van der Waals surface area (Å²) in [5.74, 6) is -1.01. The summed E-state index contributed by atoms with van der Waals surface area (Å²) < 4.78 is 59.8. The Bertz CT molecular complexity index is 1430. The van der Waals surface area contributed by atoms with Crippen LogP contribution in [0.5, 0.6) is 5.75 Å². The molecule has 0 spiro atoms. The first kappa shape index (κ1) is 33.6. The number of aryl methyl sites for hydroxylation is 1. The number of nitrogens with two attached hydrogens (primary N) is 1. The summed E-state index contributed by atoms with van der Waals surface area (Å²) in [4.78, 5) is 21.6. The third-order valence-corrected chi connectivity index (χ3v) is 7.79. The predicted octanol–water partition coefficient (Wildman–Crippen LogP) is 5.10. The molecule has 0 aliphatic carbocycles. The monoisotopic (exact) mass is 621 g/mol. The van der Waals surface area contributed by atoms with Crippen LogP contribution in [0.3, 0.4) is 0 Å². The van der Waals surface area contributed by atoms with Crippen molar-refractivity contribution in [2.75, 3.05) is 55.5 Å². The van der Waals surface area contributed by atoms with Crippen molar-refractivity contribution in [2.24, 2.45) is 5.73 Å². The molecule has 1 aliphatic rings. The molecular formula is C29H38F3N7O3S. The molecule has 1 atom stereocenters. The molecule has 1 saturated heterocycles. The van der Waals surface area contributed by atoms with Crippen molar-refractivity contribution in [1.29, 1.82) is 0 Å². The molecule has 1 aromatic heterocycles. The average molecular weight is 622 g/mol. The number of hydrogen-bond acceptors (Lipinski definition) is 8. The van der Waals surface area contributed by atoms with Crippen molar-refractivity contribution >= 4 is 40.0 Å². The number of piperidine rings is 1. The number of likely N-dealkylation sites (tertiary alicyclic amines) is 1. The van der Waals surface area contributed by atoms with E-state index >= 15 is 0 Å². The van der Waals surface area contributed by atoms with Crippen molar-refractivity contribution in [3.63, 3.8) is 0 Å². The van der Waals surface area contributed by atoms with Crippen molar-refractivity contribution < 1.29 is 26.9 Å². The molecule has 14 heteroatoms. The Hall–Kier alpha value is -3.91. The lowest BCUT2D eigenvalue weighted by Gasteiger charge is -2.21. The quantitative estimate of drug-likeness (QED) is 0.302. The lowest BCUT2D eigenvalue weighted by atomic mass is 10.1. The van der Waals surface area contributed by atoms with Crippen molar-refractivity contribution in [2.45, 2.75) is 38.9 Å². The number of amides is 1. The Labute approximate surface area is 252 Å². The molecule has 234 valence electrons. The third-order valence-electron chi connectivity index (χ3n) is 6.82. The summed E-state index contributed by atoms with van der Waals surface area (Å²) >= 11 is 0. The Morgan fingerprint density at radius 2 is 1.86 bits per heavy atom. The number of nitrogens with zero attached hydrogens (tertiary/aromatic N) is 4. The molecule has 4 rings (SSSR count). The lowest BCUT2D eigenvalue weighted by Crippen LogP contribution is -2.24. The Morgan fingerprint density at radius 1 is 1.16 bits per heavy atom.